The summed E-state index contributed by atoms with van der Waals surface area (Å²) in [6.45, 7) is 5.99. The van der Waals surface area contributed by atoms with Gasteiger partial charge in [0.15, 0.2) is 5.82 Å². The smallest absolute Gasteiger partial charge is 0.251 e. The Morgan fingerprint density at radius 3 is 2.54 bits per heavy atom. The topological polar surface area (TPSA) is 99.8 Å². The third kappa shape index (κ3) is 6.09. The first-order valence-electron chi connectivity index (χ1n) is 9.53. The van der Waals surface area contributed by atoms with E-state index in [1.807, 2.05) is 19.2 Å². The zero-order valence-corrected chi connectivity index (χ0v) is 17.7. The number of hydrogen-bond donors (Lipinski definition) is 3. The molecule has 7 nitrogen and oxygen atoms in total. The molecular weight excluding hydrogens is 374 g/mol. The number of aromatic amines is 1. The first-order chi connectivity index (χ1) is 13.5. The second-order valence-corrected chi connectivity index (χ2v) is 7.78. The fraction of sp³-hybridized carbons (Fsp3) is 0.500. The average Bonchev–Trinajstić information content (AvgIpc) is 3.21. The Morgan fingerprint density at radius 2 is 1.89 bits per heavy atom. The van der Waals surface area contributed by atoms with Crippen LogP contribution in [0.25, 0.3) is 0 Å². The number of thioether (sulfide) groups is 1. The highest BCUT2D eigenvalue weighted by Crippen LogP contribution is 2.16. The van der Waals surface area contributed by atoms with Crippen molar-refractivity contribution in [3.05, 3.63) is 47.5 Å². The number of carbonyl (C=O) groups excluding carboxylic acids is 2. The SMILES string of the molecule is CCC(C)c1n[nH]c(C(C)NC(=O)C(CCSC)NC(=O)c2ccccc2)n1. The Morgan fingerprint density at radius 1 is 1.18 bits per heavy atom. The van der Waals surface area contributed by atoms with Crippen LogP contribution >= 0.6 is 11.8 Å². The lowest BCUT2D eigenvalue weighted by atomic mass is 10.1. The number of nitrogens with zero attached hydrogens (tertiary/aromatic N) is 2. The van der Waals surface area contributed by atoms with Crippen molar-refractivity contribution in [3.63, 3.8) is 0 Å². The van der Waals surface area contributed by atoms with Crippen molar-refractivity contribution >= 4 is 23.6 Å². The van der Waals surface area contributed by atoms with Crippen LogP contribution in [0, 0.1) is 0 Å². The van der Waals surface area contributed by atoms with Crippen molar-refractivity contribution in [2.75, 3.05) is 12.0 Å². The molecular formula is C20H29N5O2S. The molecule has 0 spiro atoms. The van der Waals surface area contributed by atoms with E-state index >= 15 is 0 Å². The predicted molar refractivity (Wildman–Crippen MR) is 112 cm³/mol. The van der Waals surface area contributed by atoms with Gasteiger partial charge >= 0.3 is 0 Å². The highest BCUT2D eigenvalue weighted by Gasteiger charge is 2.24. The van der Waals surface area contributed by atoms with Gasteiger partial charge in [-0.05, 0) is 43.9 Å². The number of nitrogens with one attached hydrogen (secondary N) is 3. The molecule has 0 fully saturated rings. The van der Waals surface area contributed by atoms with Gasteiger partial charge in [-0.3, -0.25) is 14.7 Å². The molecule has 0 saturated heterocycles. The van der Waals surface area contributed by atoms with Crippen molar-refractivity contribution in [3.8, 4) is 0 Å². The molecule has 28 heavy (non-hydrogen) atoms. The highest BCUT2D eigenvalue weighted by molar-refractivity contribution is 7.98. The van der Waals surface area contributed by atoms with E-state index in [9.17, 15) is 9.59 Å². The van der Waals surface area contributed by atoms with Gasteiger partial charge in [0.05, 0.1) is 6.04 Å². The zero-order chi connectivity index (χ0) is 20.5. The molecule has 2 amide bonds. The standard InChI is InChI=1S/C20H29N5O2S/c1-5-13(2)17-23-18(25-24-17)14(3)21-20(27)16(11-12-28-4)22-19(26)15-9-7-6-8-10-15/h6-10,13-14,16H,5,11-12H2,1-4H3,(H,21,27)(H,22,26)(H,23,24,25). The minimum atomic E-state index is -0.612. The Hall–Kier alpha value is -2.35. The summed E-state index contributed by atoms with van der Waals surface area (Å²) < 4.78 is 0. The number of H-pyrrole nitrogens is 1. The molecule has 0 radical (unpaired) electrons. The summed E-state index contributed by atoms with van der Waals surface area (Å²) in [6, 6.07) is 7.96. The molecule has 0 aliphatic rings. The number of rotatable bonds is 10. The van der Waals surface area contributed by atoms with E-state index in [1.165, 1.54) is 0 Å². The van der Waals surface area contributed by atoms with E-state index in [2.05, 4.69) is 39.7 Å². The molecule has 0 aliphatic heterocycles. The van der Waals surface area contributed by atoms with Crippen molar-refractivity contribution in [1.82, 2.24) is 25.8 Å². The summed E-state index contributed by atoms with van der Waals surface area (Å²) in [5.74, 6) is 1.90. The molecule has 0 saturated carbocycles. The van der Waals surface area contributed by atoms with Crippen LogP contribution in [0.5, 0.6) is 0 Å². The van der Waals surface area contributed by atoms with Gasteiger partial charge in [0.25, 0.3) is 5.91 Å². The molecule has 3 unspecified atom stereocenters. The monoisotopic (exact) mass is 403 g/mol. The summed E-state index contributed by atoms with van der Waals surface area (Å²) in [5.41, 5.74) is 0.533. The molecule has 2 aromatic rings. The molecule has 1 heterocycles. The number of benzene rings is 1. The maximum Gasteiger partial charge on any atom is 0.251 e. The minimum Gasteiger partial charge on any atom is -0.345 e. The van der Waals surface area contributed by atoms with Crippen molar-refractivity contribution in [2.24, 2.45) is 0 Å². The van der Waals surface area contributed by atoms with Crippen LogP contribution in [0.4, 0.5) is 0 Å². The molecule has 8 heteroatoms. The van der Waals surface area contributed by atoms with Gasteiger partial charge in [0.1, 0.15) is 11.9 Å². The highest BCUT2D eigenvalue weighted by atomic mass is 32.2. The van der Waals surface area contributed by atoms with E-state index in [0.29, 0.717) is 17.8 Å². The molecule has 1 aromatic heterocycles. The van der Waals surface area contributed by atoms with Crippen LogP contribution in [0.1, 0.15) is 67.6 Å². The predicted octanol–water partition coefficient (Wildman–Crippen LogP) is 3.05. The summed E-state index contributed by atoms with van der Waals surface area (Å²) in [6.07, 6.45) is 3.47. The Kier molecular flexibility index (Phi) is 8.50. The van der Waals surface area contributed by atoms with E-state index in [-0.39, 0.29) is 23.8 Å². The van der Waals surface area contributed by atoms with Crippen LogP contribution in [0.2, 0.25) is 0 Å². The summed E-state index contributed by atoms with van der Waals surface area (Å²) in [7, 11) is 0. The number of hydrogen-bond acceptors (Lipinski definition) is 5. The number of amides is 2. The van der Waals surface area contributed by atoms with Crippen LogP contribution in [-0.2, 0) is 4.79 Å². The largest absolute Gasteiger partial charge is 0.345 e. The average molecular weight is 404 g/mol. The third-order valence-electron chi connectivity index (χ3n) is 4.61. The Balaban J connectivity index is 2.03. The van der Waals surface area contributed by atoms with Gasteiger partial charge in [0.2, 0.25) is 5.91 Å². The van der Waals surface area contributed by atoms with Gasteiger partial charge < -0.3 is 10.6 Å². The Bertz CT molecular complexity index is 765. The number of aromatic nitrogens is 3. The normalized spacial score (nSPS) is 14.1. The van der Waals surface area contributed by atoms with Crippen molar-refractivity contribution < 1.29 is 9.59 Å². The molecule has 152 valence electrons. The zero-order valence-electron chi connectivity index (χ0n) is 16.9. The summed E-state index contributed by atoms with van der Waals surface area (Å²) >= 11 is 1.63. The second kappa shape index (κ2) is 10.8. The van der Waals surface area contributed by atoms with Gasteiger partial charge in [-0.15, -0.1) is 0 Å². The lowest BCUT2D eigenvalue weighted by Gasteiger charge is -2.20. The lowest BCUT2D eigenvalue weighted by Crippen LogP contribution is -2.47. The minimum absolute atomic E-state index is 0.229. The fourth-order valence-electron chi connectivity index (χ4n) is 2.60. The molecule has 0 bridgehead atoms. The van der Waals surface area contributed by atoms with Gasteiger partial charge in [-0.1, -0.05) is 32.0 Å². The molecule has 2 rings (SSSR count). The number of carbonyl (C=O) groups is 2. The van der Waals surface area contributed by atoms with Crippen molar-refractivity contribution in [2.45, 2.75) is 51.6 Å². The maximum atomic E-state index is 12.8. The second-order valence-electron chi connectivity index (χ2n) is 6.79. The van der Waals surface area contributed by atoms with E-state index < -0.39 is 6.04 Å². The third-order valence-corrected chi connectivity index (χ3v) is 5.25. The van der Waals surface area contributed by atoms with Crippen molar-refractivity contribution in [1.29, 1.82) is 0 Å². The summed E-state index contributed by atoms with van der Waals surface area (Å²) in [5, 5.41) is 12.9. The first-order valence-corrected chi connectivity index (χ1v) is 10.9. The van der Waals surface area contributed by atoms with E-state index in [1.54, 1.807) is 36.0 Å². The van der Waals surface area contributed by atoms with Gasteiger partial charge in [0, 0.05) is 11.5 Å². The summed E-state index contributed by atoms with van der Waals surface area (Å²) in [4.78, 5) is 29.8. The first kappa shape index (κ1) is 21.9. The van der Waals surface area contributed by atoms with Crippen LogP contribution in [0.3, 0.4) is 0 Å². The van der Waals surface area contributed by atoms with Crippen LogP contribution in [-0.4, -0.2) is 45.0 Å². The molecule has 3 N–H and O–H groups in total. The fourth-order valence-corrected chi connectivity index (χ4v) is 3.07. The Labute approximate surface area is 170 Å². The quantitative estimate of drug-likeness (QED) is 0.566. The molecule has 0 aliphatic carbocycles. The van der Waals surface area contributed by atoms with Gasteiger partial charge in [-0.25, -0.2) is 4.98 Å². The maximum absolute atomic E-state index is 12.8. The molecule has 1 aromatic carbocycles. The van der Waals surface area contributed by atoms with Crippen LogP contribution < -0.4 is 10.6 Å². The van der Waals surface area contributed by atoms with E-state index in [0.717, 1.165) is 18.0 Å². The molecule has 3 atom stereocenters. The lowest BCUT2D eigenvalue weighted by molar-refractivity contribution is -0.123. The van der Waals surface area contributed by atoms with Crippen LogP contribution in [0.15, 0.2) is 30.3 Å². The van der Waals surface area contributed by atoms with E-state index in [4.69, 9.17) is 0 Å². The van der Waals surface area contributed by atoms with Gasteiger partial charge in [-0.2, -0.15) is 16.9 Å².